The minimum atomic E-state index is -0.526. The van der Waals surface area contributed by atoms with Crippen molar-refractivity contribution in [1.29, 1.82) is 0 Å². The maximum atomic E-state index is 12.5. The highest BCUT2D eigenvalue weighted by Gasteiger charge is 2.34. The topological polar surface area (TPSA) is 118 Å². The minimum Gasteiger partial charge on any atom is -0.312 e. The molecule has 3 aromatic rings. The number of carbonyl (C=O) groups is 2. The molecule has 10 heteroatoms. The third-order valence-electron chi connectivity index (χ3n) is 4.82. The fraction of sp³-hybridized carbons (Fsp3) is 0.200. The van der Waals surface area contributed by atoms with Gasteiger partial charge >= 0.3 is 0 Å². The van der Waals surface area contributed by atoms with E-state index in [0.29, 0.717) is 23.1 Å². The Kier molecular flexibility index (Phi) is 5.23. The van der Waals surface area contributed by atoms with Crippen molar-refractivity contribution in [2.45, 2.75) is 19.3 Å². The van der Waals surface area contributed by atoms with Crippen LogP contribution in [-0.4, -0.2) is 33.5 Å². The number of aromatic nitrogens is 2. The largest absolute Gasteiger partial charge is 0.312 e. The van der Waals surface area contributed by atoms with Crippen LogP contribution in [0.15, 0.2) is 48.5 Å². The summed E-state index contributed by atoms with van der Waals surface area (Å²) in [5.74, 6) is -0.506. The van der Waals surface area contributed by atoms with Gasteiger partial charge in [0.05, 0.1) is 4.92 Å². The molecule has 0 spiro atoms. The fourth-order valence-electron chi connectivity index (χ4n) is 3.20. The standard InChI is InChI=1S/C20H17N5O4S/c1-12-2-6-15(7-3-12)24-11-14(10-17(24)26)19-22-23-20(30-19)21-18(27)13-4-8-16(9-5-13)25(28)29/h2-9,14H,10-11H2,1H3,(H,21,23,27). The summed E-state index contributed by atoms with van der Waals surface area (Å²) in [4.78, 5) is 36.7. The van der Waals surface area contributed by atoms with Crippen molar-refractivity contribution >= 4 is 39.7 Å². The molecule has 1 aliphatic rings. The van der Waals surface area contributed by atoms with Crippen LogP contribution in [-0.2, 0) is 4.79 Å². The summed E-state index contributed by atoms with van der Waals surface area (Å²) in [6, 6.07) is 13.1. The van der Waals surface area contributed by atoms with Crippen LogP contribution in [0, 0.1) is 17.0 Å². The Morgan fingerprint density at radius 3 is 2.53 bits per heavy atom. The van der Waals surface area contributed by atoms with Gasteiger partial charge in [-0.1, -0.05) is 29.0 Å². The van der Waals surface area contributed by atoms with E-state index in [0.717, 1.165) is 11.3 Å². The predicted molar refractivity (Wildman–Crippen MR) is 112 cm³/mol. The van der Waals surface area contributed by atoms with E-state index in [4.69, 9.17) is 0 Å². The molecule has 0 aliphatic carbocycles. The van der Waals surface area contributed by atoms with Crippen molar-refractivity contribution in [2.24, 2.45) is 0 Å². The number of nitrogens with zero attached hydrogens (tertiary/aromatic N) is 4. The highest BCUT2D eigenvalue weighted by Crippen LogP contribution is 2.34. The number of nitrogens with one attached hydrogen (secondary N) is 1. The van der Waals surface area contributed by atoms with Crippen molar-refractivity contribution in [1.82, 2.24) is 10.2 Å². The molecule has 2 amide bonds. The average molecular weight is 423 g/mol. The van der Waals surface area contributed by atoms with E-state index in [1.54, 1.807) is 4.90 Å². The lowest BCUT2D eigenvalue weighted by molar-refractivity contribution is -0.384. The predicted octanol–water partition coefficient (Wildman–Crippen LogP) is 3.53. The Morgan fingerprint density at radius 2 is 1.87 bits per heavy atom. The molecule has 1 aliphatic heterocycles. The van der Waals surface area contributed by atoms with Crippen LogP contribution in [0.2, 0.25) is 0 Å². The number of amides is 2. The molecule has 0 radical (unpaired) electrons. The summed E-state index contributed by atoms with van der Waals surface area (Å²) in [6.45, 7) is 2.50. The molecule has 9 nitrogen and oxygen atoms in total. The average Bonchev–Trinajstić information content (AvgIpc) is 3.35. The van der Waals surface area contributed by atoms with Crippen LogP contribution in [0.25, 0.3) is 0 Å². The van der Waals surface area contributed by atoms with E-state index >= 15 is 0 Å². The van der Waals surface area contributed by atoms with Crippen molar-refractivity contribution in [3.8, 4) is 0 Å². The highest BCUT2D eigenvalue weighted by atomic mass is 32.1. The van der Waals surface area contributed by atoms with Crippen molar-refractivity contribution < 1.29 is 14.5 Å². The molecule has 2 aromatic carbocycles. The Labute approximate surface area is 175 Å². The molecule has 2 heterocycles. The third-order valence-corrected chi connectivity index (χ3v) is 5.82. The molecular weight excluding hydrogens is 406 g/mol. The Bertz CT molecular complexity index is 1110. The highest BCUT2D eigenvalue weighted by molar-refractivity contribution is 7.15. The minimum absolute atomic E-state index is 0.0236. The Morgan fingerprint density at radius 1 is 1.17 bits per heavy atom. The second kappa shape index (κ2) is 7.99. The zero-order valence-corrected chi connectivity index (χ0v) is 16.8. The Balaban J connectivity index is 1.42. The van der Waals surface area contributed by atoms with Gasteiger partial charge in [0.15, 0.2) is 0 Å². The summed E-state index contributed by atoms with van der Waals surface area (Å²) in [5, 5.41) is 22.5. The van der Waals surface area contributed by atoms with Gasteiger partial charge in [0, 0.05) is 42.3 Å². The quantitative estimate of drug-likeness (QED) is 0.495. The molecule has 1 aromatic heterocycles. The first-order chi connectivity index (χ1) is 14.4. The van der Waals surface area contributed by atoms with Crippen LogP contribution in [0.1, 0.15) is 33.3 Å². The zero-order valence-electron chi connectivity index (χ0n) is 15.9. The van der Waals surface area contributed by atoms with Gasteiger partial charge in [0.2, 0.25) is 11.0 Å². The van der Waals surface area contributed by atoms with Gasteiger partial charge in [-0.3, -0.25) is 25.0 Å². The number of benzene rings is 2. The smallest absolute Gasteiger partial charge is 0.269 e. The molecule has 30 heavy (non-hydrogen) atoms. The molecule has 1 atom stereocenters. The van der Waals surface area contributed by atoms with Crippen LogP contribution >= 0.6 is 11.3 Å². The van der Waals surface area contributed by atoms with Crippen LogP contribution in [0.3, 0.4) is 0 Å². The first-order valence-corrected chi connectivity index (χ1v) is 9.98. The Hall–Kier alpha value is -3.66. The molecule has 1 unspecified atom stereocenters. The van der Waals surface area contributed by atoms with Gasteiger partial charge in [-0.15, -0.1) is 10.2 Å². The van der Waals surface area contributed by atoms with Gasteiger partial charge in [0.1, 0.15) is 5.01 Å². The first-order valence-electron chi connectivity index (χ1n) is 9.17. The molecule has 4 rings (SSSR count). The van der Waals surface area contributed by atoms with E-state index in [9.17, 15) is 19.7 Å². The lowest BCUT2D eigenvalue weighted by Crippen LogP contribution is -2.24. The van der Waals surface area contributed by atoms with Crippen LogP contribution in [0.5, 0.6) is 0 Å². The van der Waals surface area contributed by atoms with Gasteiger partial charge in [-0.25, -0.2) is 0 Å². The molecule has 0 saturated carbocycles. The summed E-state index contributed by atoms with van der Waals surface area (Å²) >= 11 is 1.22. The SMILES string of the molecule is Cc1ccc(N2CC(c3nnc(NC(=O)c4ccc([N+](=O)[O-])cc4)s3)CC2=O)cc1. The van der Waals surface area contributed by atoms with Crippen molar-refractivity contribution in [3.63, 3.8) is 0 Å². The lowest BCUT2D eigenvalue weighted by Gasteiger charge is -2.16. The zero-order chi connectivity index (χ0) is 21.3. The fourth-order valence-corrected chi connectivity index (χ4v) is 4.03. The molecule has 1 fully saturated rings. The molecule has 152 valence electrons. The number of hydrogen-bond donors (Lipinski definition) is 1. The first kappa shape index (κ1) is 19.6. The van der Waals surface area contributed by atoms with Crippen LogP contribution in [0.4, 0.5) is 16.5 Å². The number of non-ortho nitro benzene ring substituents is 1. The second-order valence-electron chi connectivity index (χ2n) is 6.94. The van der Waals surface area contributed by atoms with Gasteiger partial charge in [0.25, 0.3) is 11.6 Å². The number of nitro groups is 1. The maximum Gasteiger partial charge on any atom is 0.269 e. The molecule has 1 N–H and O–H groups in total. The number of nitro benzene ring substituents is 1. The van der Waals surface area contributed by atoms with E-state index in [1.165, 1.54) is 35.6 Å². The number of hydrogen-bond acceptors (Lipinski definition) is 7. The third kappa shape index (κ3) is 4.03. The summed E-state index contributed by atoms with van der Waals surface area (Å²) in [5.41, 5.74) is 2.16. The van der Waals surface area contributed by atoms with Gasteiger partial charge < -0.3 is 4.90 Å². The molecule has 1 saturated heterocycles. The number of rotatable bonds is 5. The van der Waals surface area contributed by atoms with E-state index < -0.39 is 10.8 Å². The number of anilines is 2. The van der Waals surface area contributed by atoms with E-state index in [1.807, 2.05) is 31.2 Å². The van der Waals surface area contributed by atoms with E-state index in [2.05, 4.69) is 15.5 Å². The van der Waals surface area contributed by atoms with Gasteiger partial charge in [-0.2, -0.15) is 0 Å². The summed E-state index contributed by atoms with van der Waals surface area (Å²) in [6.07, 6.45) is 0.332. The van der Waals surface area contributed by atoms with Gasteiger partial charge in [-0.05, 0) is 31.2 Å². The normalized spacial score (nSPS) is 16.0. The van der Waals surface area contributed by atoms with E-state index in [-0.39, 0.29) is 23.1 Å². The molecule has 0 bridgehead atoms. The van der Waals surface area contributed by atoms with Crippen molar-refractivity contribution in [2.75, 3.05) is 16.8 Å². The monoisotopic (exact) mass is 423 g/mol. The maximum absolute atomic E-state index is 12.5. The second-order valence-corrected chi connectivity index (χ2v) is 7.95. The summed E-state index contributed by atoms with van der Waals surface area (Å²) in [7, 11) is 0. The summed E-state index contributed by atoms with van der Waals surface area (Å²) < 4.78 is 0. The van der Waals surface area contributed by atoms with Crippen LogP contribution < -0.4 is 10.2 Å². The lowest BCUT2D eigenvalue weighted by atomic mass is 10.1. The number of carbonyl (C=O) groups excluding carboxylic acids is 2. The van der Waals surface area contributed by atoms with Crippen molar-refractivity contribution in [3.05, 3.63) is 74.8 Å². The molecular formula is C20H17N5O4S. The number of aryl methyl sites for hydroxylation is 1.